The Labute approximate surface area is 99.0 Å². The molecular weight excluding hydrogens is 230 g/mol. The molecule has 1 atom stereocenters. The molecule has 5 heteroatoms. The zero-order chi connectivity index (χ0) is 10.7. The first kappa shape index (κ1) is 14.9. The first-order valence-electron chi connectivity index (χ1n) is 4.97. The van der Waals surface area contributed by atoms with Crippen LogP contribution in [0.4, 0.5) is 0 Å². The predicted molar refractivity (Wildman–Crippen MR) is 67.0 cm³/mol. The summed E-state index contributed by atoms with van der Waals surface area (Å²) in [7, 11) is -1.41. The second-order valence-electron chi connectivity index (χ2n) is 4.76. The molecule has 1 heterocycles. The fourth-order valence-corrected chi connectivity index (χ4v) is 1.72. The molecule has 0 aromatic heterocycles. The summed E-state index contributed by atoms with van der Waals surface area (Å²) in [5.41, 5.74) is 2.19. The maximum Gasteiger partial charge on any atom is 0.160 e. The number of nitrogens with one attached hydrogen (secondary N) is 1. The van der Waals surface area contributed by atoms with E-state index in [-0.39, 0.29) is 12.4 Å². The van der Waals surface area contributed by atoms with Crippen LogP contribution in [0, 0.1) is 11.5 Å². The van der Waals surface area contributed by atoms with E-state index in [2.05, 4.69) is 36.4 Å². The third-order valence-electron chi connectivity index (χ3n) is 1.85. The van der Waals surface area contributed by atoms with Crippen LogP contribution in [0.25, 0.3) is 0 Å². The summed E-state index contributed by atoms with van der Waals surface area (Å²) in [6.45, 7) is 8.74. The first-order valence-corrected chi connectivity index (χ1v) is 8.47. The Morgan fingerprint density at radius 1 is 1.40 bits per heavy atom. The number of ether oxygens (including phenoxy) is 1. The van der Waals surface area contributed by atoms with E-state index < -0.39 is 13.7 Å². The molecule has 1 rings (SSSR count). The summed E-state index contributed by atoms with van der Waals surface area (Å²) in [6.07, 6.45) is 0. The van der Waals surface area contributed by atoms with Crippen molar-refractivity contribution in [2.24, 2.45) is 0 Å². The van der Waals surface area contributed by atoms with E-state index >= 15 is 0 Å². The van der Waals surface area contributed by atoms with Gasteiger partial charge in [-0.25, -0.2) is 0 Å². The number of rotatable bonds is 0. The van der Waals surface area contributed by atoms with E-state index in [1.165, 1.54) is 0 Å². The standard InChI is InChI=1S/C10H19NO2Si.ClH/c1-14(2,3)7-4-10(12)8-11-5-6-13-9-10;/h11-12H,5-6,8-9H2,1-3H3;1H. The average molecular weight is 250 g/mol. The molecule has 88 valence electrons. The van der Waals surface area contributed by atoms with E-state index in [1.54, 1.807) is 0 Å². The minimum Gasteiger partial charge on any atom is -0.376 e. The zero-order valence-electron chi connectivity index (χ0n) is 9.59. The van der Waals surface area contributed by atoms with Crippen LogP contribution in [-0.4, -0.2) is 45.1 Å². The van der Waals surface area contributed by atoms with Gasteiger partial charge in [0.05, 0.1) is 13.2 Å². The fourth-order valence-electron chi connectivity index (χ4n) is 1.12. The van der Waals surface area contributed by atoms with Gasteiger partial charge in [-0.05, 0) is 0 Å². The van der Waals surface area contributed by atoms with Crippen molar-refractivity contribution in [3.05, 3.63) is 0 Å². The summed E-state index contributed by atoms with van der Waals surface area (Å²) in [4.78, 5) is 0. The van der Waals surface area contributed by atoms with Crippen LogP contribution in [0.2, 0.25) is 19.6 Å². The Balaban J connectivity index is 0.00000196. The monoisotopic (exact) mass is 249 g/mol. The lowest BCUT2D eigenvalue weighted by molar-refractivity contribution is 0.0143. The number of β-amino-alcohol motifs (C(OH)–C–C–N with tert-alkyl or cyclic N) is 1. The summed E-state index contributed by atoms with van der Waals surface area (Å²) in [5.74, 6) is 2.96. The van der Waals surface area contributed by atoms with Crippen LogP contribution >= 0.6 is 12.4 Å². The number of hydrogen-bond acceptors (Lipinski definition) is 3. The van der Waals surface area contributed by atoms with Gasteiger partial charge in [-0.3, -0.25) is 0 Å². The van der Waals surface area contributed by atoms with Crippen LogP contribution in [0.3, 0.4) is 0 Å². The molecule has 0 aromatic carbocycles. The van der Waals surface area contributed by atoms with Gasteiger partial charge in [0, 0.05) is 13.1 Å². The van der Waals surface area contributed by atoms with E-state index in [0.717, 1.165) is 6.54 Å². The molecule has 15 heavy (non-hydrogen) atoms. The lowest BCUT2D eigenvalue weighted by Crippen LogP contribution is -2.41. The molecule has 0 saturated carbocycles. The number of halogens is 1. The summed E-state index contributed by atoms with van der Waals surface area (Å²) >= 11 is 0. The van der Waals surface area contributed by atoms with Crippen LogP contribution in [0.15, 0.2) is 0 Å². The van der Waals surface area contributed by atoms with E-state index in [0.29, 0.717) is 19.8 Å². The average Bonchev–Trinajstić information content (AvgIpc) is 2.27. The third-order valence-corrected chi connectivity index (χ3v) is 2.73. The molecule has 0 bridgehead atoms. The Hall–Kier alpha value is -0.0531. The fraction of sp³-hybridized carbons (Fsp3) is 0.800. The third kappa shape index (κ3) is 6.18. The molecule has 2 N–H and O–H groups in total. The number of hydrogen-bond donors (Lipinski definition) is 2. The molecule has 1 fully saturated rings. The summed E-state index contributed by atoms with van der Waals surface area (Å²) in [5, 5.41) is 13.2. The molecule has 3 nitrogen and oxygen atoms in total. The Morgan fingerprint density at radius 3 is 2.67 bits per heavy atom. The molecule has 1 aliphatic rings. The number of aliphatic hydroxyl groups is 1. The lowest BCUT2D eigenvalue weighted by Gasteiger charge is -2.19. The van der Waals surface area contributed by atoms with Gasteiger partial charge in [0.1, 0.15) is 8.07 Å². The zero-order valence-corrected chi connectivity index (χ0v) is 11.4. The minimum atomic E-state index is -1.41. The van der Waals surface area contributed by atoms with Gasteiger partial charge in [0.2, 0.25) is 0 Å². The normalized spacial score (nSPS) is 26.9. The van der Waals surface area contributed by atoms with Crippen molar-refractivity contribution in [2.45, 2.75) is 25.2 Å². The topological polar surface area (TPSA) is 41.5 Å². The van der Waals surface area contributed by atoms with Crippen molar-refractivity contribution in [1.29, 1.82) is 0 Å². The van der Waals surface area contributed by atoms with Crippen molar-refractivity contribution < 1.29 is 9.84 Å². The SMILES string of the molecule is C[Si](C)(C)C#CC1(O)CNCCOC1.Cl. The second-order valence-corrected chi connectivity index (χ2v) is 9.51. The van der Waals surface area contributed by atoms with Gasteiger partial charge in [-0.15, -0.1) is 18.0 Å². The van der Waals surface area contributed by atoms with Crippen molar-refractivity contribution in [3.8, 4) is 11.5 Å². The summed E-state index contributed by atoms with van der Waals surface area (Å²) < 4.78 is 5.28. The largest absolute Gasteiger partial charge is 0.376 e. The molecule has 0 radical (unpaired) electrons. The highest BCUT2D eigenvalue weighted by atomic mass is 35.5. The van der Waals surface area contributed by atoms with Gasteiger partial charge in [-0.1, -0.05) is 25.6 Å². The van der Waals surface area contributed by atoms with Gasteiger partial charge in [0.25, 0.3) is 0 Å². The van der Waals surface area contributed by atoms with Crippen molar-refractivity contribution in [2.75, 3.05) is 26.3 Å². The Morgan fingerprint density at radius 2 is 2.07 bits per heavy atom. The smallest absolute Gasteiger partial charge is 0.160 e. The van der Waals surface area contributed by atoms with Gasteiger partial charge in [0.15, 0.2) is 5.60 Å². The van der Waals surface area contributed by atoms with Gasteiger partial charge >= 0.3 is 0 Å². The first-order chi connectivity index (χ1) is 6.41. The van der Waals surface area contributed by atoms with Crippen molar-refractivity contribution in [1.82, 2.24) is 5.32 Å². The molecule has 0 aromatic rings. The molecule has 1 unspecified atom stereocenters. The highest BCUT2D eigenvalue weighted by Crippen LogP contribution is 2.06. The molecular formula is C10H20ClNO2Si. The molecule has 0 aliphatic carbocycles. The van der Waals surface area contributed by atoms with Crippen LogP contribution in [0.5, 0.6) is 0 Å². The van der Waals surface area contributed by atoms with Crippen LogP contribution in [-0.2, 0) is 4.74 Å². The second kappa shape index (κ2) is 5.88. The highest BCUT2D eigenvalue weighted by molar-refractivity contribution is 6.83. The molecule has 1 aliphatic heterocycles. The quantitative estimate of drug-likeness (QED) is 0.489. The van der Waals surface area contributed by atoms with Crippen molar-refractivity contribution in [3.63, 3.8) is 0 Å². The van der Waals surface area contributed by atoms with E-state index in [9.17, 15) is 5.11 Å². The summed E-state index contributed by atoms with van der Waals surface area (Å²) in [6, 6.07) is 0. The maximum atomic E-state index is 10.1. The Bertz CT molecular complexity index is 246. The van der Waals surface area contributed by atoms with Gasteiger partial charge < -0.3 is 15.2 Å². The predicted octanol–water partition coefficient (Wildman–Crippen LogP) is 0.640. The minimum absolute atomic E-state index is 0. The van der Waals surface area contributed by atoms with E-state index in [1.807, 2.05) is 0 Å². The highest BCUT2D eigenvalue weighted by Gasteiger charge is 2.26. The van der Waals surface area contributed by atoms with Crippen LogP contribution < -0.4 is 5.32 Å². The lowest BCUT2D eigenvalue weighted by atomic mass is 10.1. The Kier molecular flexibility index (Phi) is 5.85. The van der Waals surface area contributed by atoms with Gasteiger partial charge in [-0.2, -0.15) is 0 Å². The van der Waals surface area contributed by atoms with E-state index in [4.69, 9.17) is 4.74 Å². The van der Waals surface area contributed by atoms with Crippen LogP contribution in [0.1, 0.15) is 0 Å². The molecule has 1 saturated heterocycles. The molecule has 0 amide bonds. The maximum absolute atomic E-state index is 10.1. The van der Waals surface area contributed by atoms with Crippen molar-refractivity contribution >= 4 is 20.5 Å². The molecule has 0 spiro atoms.